The van der Waals surface area contributed by atoms with Crippen LogP contribution < -0.4 is 5.32 Å². The predicted octanol–water partition coefficient (Wildman–Crippen LogP) is 3.41. The van der Waals surface area contributed by atoms with Crippen molar-refractivity contribution in [1.82, 2.24) is 4.98 Å². The zero-order chi connectivity index (χ0) is 15.5. The van der Waals surface area contributed by atoms with Crippen molar-refractivity contribution in [2.45, 2.75) is 12.7 Å². The van der Waals surface area contributed by atoms with Gasteiger partial charge in [-0.2, -0.15) is 13.2 Å². The third-order valence-corrected chi connectivity index (χ3v) is 2.79. The van der Waals surface area contributed by atoms with Gasteiger partial charge in [0.05, 0.1) is 11.1 Å². The van der Waals surface area contributed by atoms with Gasteiger partial charge in [0.2, 0.25) is 0 Å². The number of aromatic nitrogens is 1. The summed E-state index contributed by atoms with van der Waals surface area (Å²) in [4.78, 5) is 14.7. The number of benzene rings is 1. The number of hydrogen-bond acceptors (Lipinski definition) is 3. The van der Waals surface area contributed by atoms with Crippen LogP contribution in [0.3, 0.4) is 0 Å². The Bertz CT molecular complexity index is 657. The van der Waals surface area contributed by atoms with E-state index < -0.39 is 17.7 Å². The minimum absolute atomic E-state index is 0.0107. The summed E-state index contributed by atoms with van der Waals surface area (Å²) >= 11 is 0. The van der Waals surface area contributed by atoms with E-state index in [2.05, 4.69) is 10.3 Å². The van der Waals surface area contributed by atoms with Crippen molar-refractivity contribution in [3.05, 3.63) is 59.3 Å². The normalized spacial score (nSPS) is 11.2. The molecule has 2 rings (SSSR count). The molecule has 0 fully saturated rings. The van der Waals surface area contributed by atoms with E-state index in [4.69, 9.17) is 5.11 Å². The molecule has 1 aromatic carbocycles. The van der Waals surface area contributed by atoms with E-state index >= 15 is 0 Å². The van der Waals surface area contributed by atoms with Crippen LogP contribution in [0, 0.1) is 0 Å². The highest BCUT2D eigenvalue weighted by molar-refractivity contribution is 5.88. The fraction of sp³-hybridized carbons (Fsp3) is 0.143. The molecule has 21 heavy (non-hydrogen) atoms. The molecule has 0 atom stereocenters. The number of hydrogen-bond donors (Lipinski definition) is 2. The van der Waals surface area contributed by atoms with Crippen LogP contribution in [0.4, 0.5) is 19.0 Å². The number of nitrogens with zero attached hydrogens (tertiary/aromatic N) is 1. The fourth-order valence-corrected chi connectivity index (χ4v) is 1.80. The molecule has 0 unspecified atom stereocenters. The number of pyridine rings is 1. The second-order valence-corrected chi connectivity index (χ2v) is 4.24. The molecule has 0 bridgehead atoms. The quantitative estimate of drug-likeness (QED) is 0.907. The van der Waals surface area contributed by atoms with E-state index in [1.54, 1.807) is 0 Å². The molecule has 1 heterocycles. The Morgan fingerprint density at radius 3 is 2.62 bits per heavy atom. The molecule has 0 amide bonds. The Balaban J connectivity index is 2.17. The SMILES string of the molecule is O=C(O)c1ccnc(NCc2ccccc2C(F)(F)F)c1. The van der Waals surface area contributed by atoms with Crippen molar-refractivity contribution in [3.8, 4) is 0 Å². The minimum Gasteiger partial charge on any atom is -0.478 e. The molecule has 2 N–H and O–H groups in total. The van der Waals surface area contributed by atoms with Crippen LogP contribution in [0.15, 0.2) is 42.6 Å². The molecular formula is C14H11F3N2O2. The number of carboxylic acids is 1. The van der Waals surface area contributed by atoms with Gasteiger partial charge in [-0.3, -0.25) is 0 Å². The summed E-state index contributed by atoms with van der Waals surface area (Å²) in [6.45, 7) is -0.105. The van der Waals surface area contributed by atoms with Crippen molar-refractivity contribution in [2.75, 3.05) is 5.32 Å². The molecule has 0 aliphatic carbocycles. The Labute approximate surface area is 118 Å². The Hall–Kier alpha value is -2.57. The van der Waals surface area contributed by atoms with Gasteiger partial charge in [0.15, 0.2) is 0 Å². The lowest BCUT2D eigenvalue weighted by atomic mass is 10.1. The summed E-state index contributed by atoms with van der Waals surface area (Å²) in [5.74, 6) is -0.928. The lowest BCUT2D eigenvalue weighted by molar-refractivity contribution is -0.138. The maximum Gasteiger partial charge on any atom is 0.416 e. The molecule has 0 aliphatic rings. The van der Waals surface area contributed by atoms with Gasteiger partial charge < -0.3 is 10.4 Å². The zero-order valence-corrected chi connectivity index (χ0v) is 10.7. The molecule has 0 aliphatic heterocycles. The maximum absolute atomic E-state index is 12.8. The van der Waals surface area contributed by atoms with E-state index in [9.17, 15) is 18.0 Å². The van der Waals surface area contributed by atoms with E-state index in [-0.39, 0.29) is 23.5 Å². The van der Waals surface area contributed by atoms with Crippen LogP contribution in [0.2, 0.25) is 0 Å². The Morgan fingerprint density at radius 2 is 1.95 bits per heavy atom. The van der Waals surface area contributed by atoms with Crippen LogP contribution in [0.25, 0.3) is 0 Å². The summed E-state index contributed by atoms with van der Waals surface area (Å²) in [5, 5.41) is 11.5. The monoisotopic (exact) mass is 296 g/mol. The average molecular weight is 296 g/mol. The number of anilines is 1. The third kappa shape index (κ3) is 3.71. The zero-order valence-electron chi connectivity index (χ0n) is 10.7. The first-order chi connectivity index (χ1) is 9.88. The summed E-state index contributed by atoms with van der Waals surface area (Å²) < 4.78 is 38.5. The van der Waals surface area contributed by atoms with E-state index in [0.717, 1.165) is 6.07 Å². The molecule has 0 radical (unpaired) electrons. The van der Waals surface area contributed by atoms with Gasteiger partial charge in [-0.1, -0.05) is 18.2 Å². The lowest BCUT2D eigenvalue weighted by Crippen LogP contribution is -2.12. The number of aromatic carboxylic acids is 1. The van der Waals surface area contributed by atoms with Gasteiger partial charge in [-0.25, -0.2) is 9.78 Å². The Morgan fingerprint density at radius 1 is 1.24 bits per heavy atom. The number of rotatable bonds is 4. The van der Waals surface area contributed by atoms with Crippen LogP contribution in [-0.2, 0) is 12.7 Å². The van der Waals surface area contributed by atoms with E-state index in [1.807, 2.05) is 0 Å². The molecular weight excluding hydrogens is 285 g/mol. The maximum atomic E-state index is 12.8. The average Bonchev–Trinajstić information content (AvgIpc) is 2.45. The van der Waals surface area contributed by atoms with Crippen molar-refractivity contribution in [3.63, 3.8) is 0 Å². The lowest BCUT2D eigenvalue weighted by Gasteiger charge is -2.13. The van der Waals surface area contributed by atoms with Crippen molar-refractivity contribution in [2.24, 2.45) is 0 Å². The van der Waals surface area contributed by atoms with Crippen LogP contribution in [-0.4, -0.2) is 16.1 Å². The summed E-state index contributed by atoms with van der Waals surface area (Å²) in [7, 11) is 0. The highest BCUT2D eigenvalue weighted by atomic mass is 19.4. The molecule has 110 valence electrons. The summed E-state index contributed by atoms with van der Waals surface area (Å²) in [6.07, 6.45) is -3.16. The van der Waals surface area contributed by atoms with Crippen LogP contribution in [0.5, 0.6) is 0 Å². The topological polar surface area (TPSA) is 62.2 Å². The van der Waals surface area contributed by atoms with Crippen LogP contribution in [0.1, 0.15) is 21.5 Å². The highest BCUT2D eigenvalue weighted by Crippen LogP contribution is 2.32. The highest BCUT2D eigenvalue weighted by Gasteiger charge is 2.32. The number of carboxylic acid groups (broad SMARTS) is 1. The van der Waals surface area contributed by atoms with Crippen LogP contribution >= 0.6 is 0 Å². The summed E-state index contributed by atoms with van der Waals surface area (Å²) in [5.41, 5.74) is -0.656. The standard InChI is InChI=1S/C14H11F3N2O2/c15-14(16,17)11-4-2-1-3-10(11)8-19-12-7-9(13(20)21)5-6-18-12/h1-7H,8H2,(H,18,19)(H,20,21). The van der Waals surface area contributed by atoms with Gasteiger partial charge in [0, 0.05) is 12.7 Å². The molecule has 1 aromatic heterocycles. The molecule has 0 spiro atoms. The number of carbonyl (C=O) groups is 1. The fourth-order valence-electron chi connectivity index (χ4n) is 1.80. The van der Waals surface area contributed by atoms with Crippen molar-refractivity contribution >= 4 is 11.8 Å². The van der Waals surface area contributed by atoms with Crippen molar-refractivity contribution in [1.29, 1.82) is 0 Å². The molecule has 7 heteroatoms. The molecule has 4 nitrogen and oxygen atoms in total. The molecule has 0 saturated heterocycles. The first kappa shape index (κ1) is 14.8. The van der Waals surface area contributed by atoms with E-state index in [1.165, 1.54) is 36.5 Å². The van der Waals surface area contributed by atoms with Gasteiger partial charge in [-0.15, -0.1) is 0 Å². The number of halogens is 3. The first-order valence-electron chi connectivity index (χ1n) is 5.96. The second kappa shape index (κ2) is 5.82. The minimum atomic E-state index is -4.44. The van der Waals surface area contributed by atoms with Gasteiger partial charge in [0.1, 0.15) is 5.82 Å². The smallest absolute Gasteiger partial charge is 0.416 e. The van der Waals surface area contributed by atoms with Gasteiger partial charge in [-0.05, 0) is 23.8 Å². The third-order valence-electron chi connectivity index (χ3n) is 2.79. The van der Waals surface area contributed by atoms with E-state index in [0.29, 0.717) is 0 Å². The number of nitrogens with one attached hydrogen (secondary N) is 1. The van der Waals surface area contributed by atoms with Crippen molar-refractivity contribution < 1.29 is 23.1 Å². The Kier molecular flexibility index (Phi) is 4.11. The summed E-state index contributed by atoms with van der Waals surface area (Å²) in [6, 6.07) is 7.74. The molecule has 0 saturated carbocycles. The number of alkyl halides is 3. The molecule has 2 aromatic rings. The first-order valence-corrected chi connectivity index (χ1v) is 5.96. The largest absolute Gasteiger partial charge is 0.478 e. The second-order valence-electron chi connectivity index (χ2n) is 4.24. The van der Waals surface area contributed by atoms with Gasteiger partial charge >= 0.3 is 12.1 Å². The van der Waals surface area contributed by atoms with Gasteiger partial charge in [0.25, 0.3) is 0 Å². The predicted molar refractivity (Wildman–Crippen MR) is 70.0 cm³/mol.